The van der Waals surface area contributed by atoms with E-state index in [1.54, 1.807) is 11.9 Å². The van der Waals surface area contributed by atoms with Crippen LogP contribution in [0.25, 0.3) is 0 Å². The van der Waals surface area contributed by atoms with Crippen LogP contribution in [0.2, 0.25) is 5.02 Å². The van der Waals surface area contributed by atoms with Crippen LogP contribution in [0.3, 0.4) is 0 Å². The van der Waals surface area contributed by atoms with Crippen molar-refractivity contribution in [2.45, 2.75) is 6.54 Å². The number of nitrogens with zero attached hydrogens (tertiary/aromatic N) is 5. The van der Waals surface area contributed by atoms with Crippen molar-refractivity contribution in [2.24, 2.45) is 0 Å². The van der Waals surface area contributed by atoms with Crippen LogP contribution in [0.5, 0.6) is 0 Å². The van der Waals surface area contributed by atoms with Crippen LogP contribution in [0, 0.1) is 20.2 Å². The van der Waals surface area contributed by atoms with Crippen LogP contribution in [-0.4, -0.2) is 32.8 Å². The summed E-state index contributed by atoms with van der Waals surface area (Å²) in [5, 5.41) is 22.6. The Kier molecular flexibility index (Phi) is 6.75. The number of carbonyl (C=O) groups is 1. The van der Waals surface area contributed by atoms with E-state index in [0.29, 0.717) is 6.54 Å². The van der Waals surface area contributed by atoms with Gasteiger partial charge in [-0.2, -0.15) is 0 Å². The molecule has 2 aromatic carbocycles. The molecule has 0 saturated heterocycles. The second-order valence-corrected chi connectivity index (χ2v) is 6.90. The minimum atomic E-state index is -0.781. The van der Waals surface area contributed by atoms with E-state index in [1.807, 2.05) is 30.3 Å². The van der Waals surface area contributed by atoms with E-state index in [2.05, 4.69) is 20.8 Å². The first-order valence-electron chi connectivity index (χ1n) is 9.02. The highest BCUT2D eigenvalue weighted by molar-refractivity contribution is 6.32. The summed E-state index contributed by atoms with van der Waals surface area (Å²) in [5.41, 5.74) is 4.57. The lowest BCUT2D eigenvalue weighted by atomic mass is 10.2. The minimum absolute atomic E-state index is 0.0349. The molecule has 3 aromatic rings. The van der Waals surface area contributed by atoms with E-state index in [9.17, 15) is 25.0 Å². The minimum Gasteiger partial charge on any atom is -0.349 e. The summed E-state index contributed by atoms with van der Waals surface area (Å²) in [4.78, 5) is 43.1. The van der Waals surface area contributed by atoms with Crippen LogP contribution in [-0.2, 0) is 6.54 Å². The Morgan fingerprint density at radius 3 is 2.47 bits per heavy atom. The first-order valence-corrected chi connectivity index (χ1v) is 9.40. The van der Waals surface area contributed by atoms with Gasteiger partial charge in [0.2, 0.25) is 11.6 Å². The summed E-state index contributed by atoms with van der Waals surface area (Å²) >= 11 is 5.74. The average molecular weight is 458 g/mol. The van der Waals surface area contributed by atoms with Crippen molar-refractivity contribution in [1.82, 2.24) is 15.4 Å². The third-order valence-corrected chi connectivity index (χ3v) is 4.63. The van der Waals surface area contributed by atoms with Crippen molar-refractivity contribution in [3.63, 3.8) is 0 Å². The molecule has 0 spiro atoms. The van der Waals surface area contributed by atoms with E-state index in [1.165, 1.54) is 12.1 Å². The highest BCUT2D eigenvalue weighted by Gasteiger charge is 2.26. The van der Waals surface area contributed by atoms with Gasteiger partial charge in [-0.25, -0.2) is 9.97 Å². The Balaban J connectivity index is 1.82. The number of halogens is 1. The van der Waals surface area contributed by atoms with Gasteiger partial charge in [0.25, 0.3) is 11.6 Å². The van der Waals surface area contributed by atoms with Gasteiger partial charge in [-0.1, -0.05) is 41.9 Å². The van der Waals surface area contributed by atoms with Crippen LogP contribution in [0.15, 0.2) is 54.9 Å². The number of nitro groups is 2. The Morgan fingerprint density at radius 1 is 1.09 bits per heavy atom. The molecule has 1 heterocycles. The van der Waals surface area contributed by atoms with Gasteiger partial charge in [-0.15, -0.1) is 0 Å². The highest BCUT2D eigenvalue weighted by Crippen LogP contribution is 2.31. The van der Waals surface area contributed by atoms with Gasteiger partial charge in [-0.3, -0.25) is 35.9 Å². The maximum Gasteiger partial charge on any atom is 0.355 e. The van der Waals surface area contributed by atoms with E-state index in [-0.39, 0.29) is 22.2 Å². The van der Waals surface area contributed by atoms with Crippen molar-refractivity contribution in [3.05, 3.63) is 91.2 Å². The number of nitrogens with one attached hydrogen (secondary N) is 2. The summed E-state index contributed by atoms with van der Waals surface area (Å²) < 4.78 is 0. The third kappa shape index (κ3) is 5.05. The summed E-state index contributed by atoms with van der Waals surface area (Å²) in [5.74, 6) is -0.999. The molecule has 3 rings (SSSR count). The second-order valence-electron chi connectivity index (χ2n) is 6.50. The predicted molar refractivity (Wildman–Crippen MR) is 116 cm³/mol. The largest absolute Gasteiger partial charge is 0.355 e. The molecule has 0 radical (unpaired) electrons. The SMILES string of the molecule is CN(Cc1ccccc1)c1ncnc(NNC(=O)c2ccc(Cl)c([N+](=O)[O-])c2)c1[N+](=O)[O-]. The summed E-state index contributed by atoms with van der Waals surface area (Å²) in [6.45, 7) is 0.346. The van der Waals surface area contributed by atoms with Crippen molar-refractivity contribution >= 4 is 40.5 Å². The van der Waals surface area contributed by atoms with Gasteiger partial charge in [-0.05, 0) is 17.7 Å². The fourth-order valence-electron chi connectivity index (χ4n) is 2.82. The maximum atomic E-state index is 12.4. The van der Waals surface area contributed by atoms with Crippen LogP contribution >= 0.6 is 11.6 Å². The number of hydrogen-bond donors (Lipinski definition) is 2. The Labute approximate surface area is 186 Å². The average Bonchev–Trinajstić information content (AvgIpc) is 2.77. The quantitative estimate of drug-likeness (QED) is 0.382. The Hall–Kier alpha value is -4.32. The molecule has 164 valence electrons. The molecule has 0 bridgehead atoms. The summed E-state index contributed by atoms with van der Waals surface area (Å²) in [7, 11) is 1.64. The molecule has 1 amide bonds. The molecule has 1 aromatic heterocycles. The van der Waals surface area contributed by atoms with Gasteiger partial charge in [0.1, 0.15) is 11.3 Å². The fraction of sp³-hybridized carbons (Fsp3) is 0.105. The van der Waals surface area contributed by atoms with Crippen LogP contribution < -0.4 is 15.8 Å². The van der Waals surface area contributed by atoms with Crippen molar-refractivity contribution in [2.75, 3.05) is 17.4 Å². The fourth-order valence-corrected chi connectivity index (χ4v) is 3.01. The molecule has 2 N–H and O–H groups in total. The number of hydrogen-bond acceptors (Lipinski definition) is 9. The van der Waals surface area contributed by atoms with Gasteiger partial charge >= 0.3 is 5.69 Å². The molecule has 0 atom stereocenters. The molecule has 0 aliphatic carbocycles. The molecule has 0 unspecified atom stereocenters. The van der Waals surface area contributed by atoms with Gasteiger partial charge in [0.05, 0.1) is 9.85 Å². The van der Waals surface area contributed by atoms with E-state index in [0.717, 1.165) is 18.0 Å². The lowest BCUT2D eigenvalue weighted by Crippen LogP contribution is -2.30. The van der Waals surface area contributed by atoms with Crippen LogP contribution in [0.1, 0.15) is 15.9 Å². The second kappa shape index (κ2) is 9.66. The van der Waals surface area contributed by atoms with Crippen molar-refractivity contribution in [1.29, 1.82) is 0 Å². The highest BCUT2D eigenvalue weighted by atomic mass is 35.5. The molecular formula is C19H16ClN7O5. The number of nitro benzene ring substituents is 1. The maximum absolute atomic E-state index is 12.4. The normalized spacial score (nSPS) is 10.3. The van der Waals surface area contributed by atoms with Gasteiger partial charge in [0, 0.05) is 25.2 Å². The summed E-state index contributed by atoms with van der Waals surface area (Å²) in [6, 6.07) is 12.8. The zero-order chi connectivity index (χ0) is 23.3. The molecule has 12 nitrogen and oxygen atoms in total. The first-order chi connectivity index (χ1) is 15.3. The van der Waals surface area contributed by atoms with E-state index in [4.69, 9.17) is 11.6 Å². The monoisotopic (exact) mass is 457 g/mol. The predicted octanol–water partition coefficient (Wildman–Crippen LogP) is 3.34. The van der Waals surface area contributed by atoms with E-state index < -0.39 is 27.1 Å². The van der Waals surface area contributed by atoms with Gasteiger partial charge < -0.3 is 4.90 Å². The lowest BCUT2D eigenvalue weighted by molar-refractivity contribution is -0.384. The smallest absolute Gasteiger partial charge is 0.349 e. The standard InChI is InChI=1S/C19H16ClN7O5/c1-25(10-12-5-3-2-4-6-12)18-16(27(31)32)17(21-11-22-18)23-24-19(28)13-7-8-14(20)15(9-13)26(29)30/h2-9,11H,10H2,1H3,(H,24,28)(H,21,22,23). The Bertz CT molecular complexity index is 1180. The first kappa shape index (κ1) is 22.4. The number of benzene rings is 2. The zero-order valence-electron chi connectivity index (χ0n) is 16.6. The molecule has 32 heavy (non-hydrogen) atoms. The number of anilines is 2. The Morgan fingerprint density at radius 2 is 1.81 bits per heavy atom. The number of aromatic nitrogens is 2. The number of carbonyl (C=O) groups excluding carboxylic acids is 1. The third-order valence-electron chi connectivity index (χ3n) is 4.31. The van der Waals surface area contributed by atoms with Crippen molar-refractivity contribution in [3.8, 4) is 0 Å². The molecular weight excluding hydrogens is 442 g/mol. The molecule has 0 saturated carbocycles. The molecule has 0 aliphatic heterocycles. The molecule has 0 aliphatic rings. The van der Waals surface area contributed by atoms with Crippen LogP contribution in [0.4, 0.5) is 23.0 Å². The number of rotatable bonds is 8. The lowest BCUT2D eigenvalue weighted by Gasteiger charge is -2.19. The van der Waals surface area contributed by atoms with Crippen molar-refractivity contribution < 1.29 is 14.6 Å². The molecule has 0 fully saturated rings. The topological polar surface area (TPSA) is 156 Å². The summed E-state index contributed by atoms with van der Waals surface area (Å²) in [6.07, 6.45) is 1.12. The van der Waals surface area contributed by atoms with E-state index >= 15 is 0 Å². The zero-order valence-corrected chi connectivity index (χ0v) is 17.3. The molecule has 13 heteroatoms. The van der Waals surface area contributed by atoms with Gasteiger partial charge in [0.15, 0.2) is 0 Å². The number of amides is 1. The number of hydrazine groups is 1.